The Morgan fingerprint density at radius 2 is 2.26 bits per heavy atom. The van der Waals surface area contributed by atoms with Crippen molar-refractivity contribution in [1.82, 2.24) is 10.2 Å². The largest absolute Gasteiger partial charge is 0.392 e. The Morgan fingerprint density at radius 3 is 2.84 bits per heavy atom. The van der Waals surface area contributed by atoms with Crippen LogP contribution in [0, 0.1) is 5.92 Å². The van der Waals surface area contributed by atoms with E-state index in [9.17, 15) is 5.11 Å². The van der Waals surface area contributed by atoms with Crippen molar-refractivity contribution in [3.05, 3.63) is 20.8 Å². The highest BCUT2D eigenvalue weighted by atomic mass is 79.9. The summed E-state index contributed by atoms with van der Waals surface area (Å²) in [5.74, 6) is 0.785. The quantitative estimate of drug-likeness (QED) is 0.831. The summed E-state index contributed by atoms with van der Waals surface area (Å²) >= 11 is 5.23. The van der Waals surface area contributed by atoms with Crippen LogP contribution < -0.4 is 5.32 Å². The van der Waals surface area contributed by atoms with Crippen LogP contribution in [0.25, 0.3) is 0 Å². The molecular weight excluding hydrogens is 324 g/mol. The molecule has 0 amide bonds. The average Bonchev–Trinajstić information content (AvgIpc) is 2.77. The Labute approximate surface area is 128 Å². The molecule has 1 fully saturated rings. The van der Waals surface area contributed by atoms with Crippen LogP contribution in [0.2, 0.25) is 0 Å². The van der Waals surface area contributed by atoms with Gasteiger partial charge in [0.05, 0.1) is 9.89 Å². The summed E-state index contributed by atoms with van der Waals surface area (Å²) in [7, 11) is 0. The van der Waals surface area contributed by atoms with Crippen molar-refractivity contribution in [2.24, 2.45) is 5.92 Å². The molecule has 1 aromatic heterocycles. The van der Waals surface area contributed by atoms with Gasteiger partial charge in [-0.05, 0) is 78.3 Å². The third-order valence-corrected chi connectivity index (χ3v) is 5.17. The van der Waals surface area contributed by atoms with Crippen molar-refractivity contribution >= 4 is 27.3 Å². The SMILES string of the molecule is CC(O)CN1CCC(CNCc2csc(Br)c2)CC1. The summed E-state index contributed by atoms with van der Waals surface area (Å²) in [6.45, 7) is 7.02. The van der Waals surface area contributed by atoms with Gasteiger partial charge in [0.25, 0.3) is 0 Å². The Kier molecular flexibility index (Phi) is 6.29. The van der Waals surface area contributed by atoms with Crippen LogP contribution in [0.5, 0.6) is 0 Å². The number of nitrogens with zero attached hydrogens (tertiary/aromatic N) is 1. The van der Waals surface area contributed by atoms with E-state index in [1.165, 1.54) is 22.2 Å². The van der Waals surface area contributed by atoms with Gasteiger partial charge in [0.2, 0.25) is 0 Å². The second kappa shape index (κ2) is 7.74. The highest BCUT2D eigenvalue weighted by molar-refractivity contribution is 9.11. The lowest BCUT2D eigenvalue weighted by molar-refractivity contribution is 0.0998. The van der Waals surface area contributed by atoms with E-state index in [4.69, 9.17) is 0 Å². The van der Waals surface area contributed by atoms with E-state index in [-0.39, 0.29) is 6.10 Å². The molecule has 0 saturated carbocycles. The number of aliphatic hydroxyl groups excluding tert-OH is 1. The minimum absolute atomic E-state index is 0.202. The standard InChI is InChI=1S/C14H23BrN2OS/c1-11(18)9-17-4-2-12(3-5-17)7-16-8-13-6-14(15)19-10-13/h6,10-12,16,18H,2-5,7-9H2,1H3. The van der Waals surface area contributed by atoms with Crippen molar-refractivity contribution in [1.29, 1.82) is 0 Å². The molecule has 1 aliphatic heterocycles. The minimum atomic E-state index is -0.202. The maximum Gasteiger partial charge on any atom is 0.0701 e. The Hall–Kier alpha value is 0.0600. The summed E-state index contributed by atoms with van der Waals surface area (Å²) in [5, 5.41) is 15.1. The van der Waals surface area contributed by atoms with Crippen molar-refractivity contribution in [3.63, 3.8) is 0 Å². The zero-order valence-electron chi connectivity index (χ0n) is 11.4. The van der Waals surface area contributed by atoms with Gasteiger partial charge in [0.1, 0.15) is 0 Å². The number of piperidine rings is 1. The van der Waals surface area contributed by atoms with E-state index >= 15 is 0 Å². The molecule has 108 valence electrons. The highest BCUT2D eigenvalue weighted by Gasteiger charge is 2.19. The topological polar surface area (TPSA) is 35.5 Å². The number of halogens is 1. The molecule has 2 rings (SSSR count). The number of aliphatic hydroxyl groups is 1. The first kappa shape index (κ1) is 15.4. The maximum absolute atomic E-state index is 9.38. The fourth-order valence-corrected chi connectivity index (χ4v) is 3.82. The average molecular weight is 347 g/mol. The lowest BCUT2D eigenvalue weighted by Crippen LogP contribution is -2.40. The number of rotatable bonds is 6. The molecule has 0 bridgehead atoms. The minimum Gasteiger partial charge on any atom is -0.392 e. The summed E-state index contributed by atoms with van der Waals surface area (Å²) in [6.07, 6.45) is 2.28. The molecule has 0 aliphatic carbocycles. The lowest BCUT2D eigenvalue weighted by atomic mass is 9.96. The van der Waals surface area contributed by atoms with Gasteiger partial charge in [-0.2, -0.15) is 0 Å². The molecule has 1 aliphatic rings. The Bertz CT molecular complexity index is 375. The van der Waals surface area contributed by atoms with Gasteiger partial charge in [-0.25, -0.2) is 0 Å². The van der Waals surface area contributed by atoms with Crippen LogP contribution >= 0.6 is 27.3 Å². The van der Waals surface area contributed by atoms with Crippen molar-refractivity contribution in [2.75, 3.05) is 26.2 Å². The maximum atomic E-state index is 9.38. The first-order valence-corrected chi connectivity index (χ1v) is 8.65. The van der Waals surface area contributed by atoms with Crippen molar-refractivity contribution in [3.8, 4) is 0 Å². The van der Waals surface area contributed by atoms with Crippen LogP contribution in [0.15, 0.2) is 15.2 Å². The van der Waals surface area contributed by atoms with Crippen LogP contribution in [0.1, 0.15) is 25.3 Å². The number of thiophene rings is 1. The smallest absolute Gasteiger partial charge is 0.0701 e. The monoisotopic (exact) mass is 346 g/mol. The molecule has 5 heteroatoms. The van der Waals surface area contributed by atoms with Gasteiger partial charge in [0, 0.05) is 13.1 Å². The van der Waals surface area contributed by atoms with Gasteiger partial charge in [-0.3, -0.25) is 0 Å². The molecule has 2 N–H and O–H groups in total. The molecule has 1 saturated heterocycles. The van der Waals surface area contributed by atoms with Gasteiger partial charge in [0.15, 0.2) is 0 Å². The first-order valence-electron chi connectivity index (χ1n) is 6.97. The molecule has 0 radical (unpaired) electrons. The molecule has 1 unspecified atom stereocenters. The third kappa shape index (κ3) is 5.52. The summed E-state index contributed by atoms with van der Waals surface area (Å²) in [4.78, 5) is 2.37. The fourth-order valence-electron chi connectivity index (χ4n) is 2.61. The third-order valence-electron chi connectivity index (χ3n) is 3.61. The second-order valence-electron chi connectivity index (χ2n) is 5.48. The van der Waals surface area contributed by atoms with E-state index < -0.39 is 0 Å². The fraction of sp³-hybridized carbons (Fsp3) is 0.714. The van der Waals surface area contributed by atoms with Gasteiger partial charge >= 0.3 is 0 Å². The molecule has 3 nitrogen and oxygen atoms in total. The molecule has 0 spiro atoms. The number of β-amino-alcohol motifs (C(OH)–C–C–N with tert-alkyl or cyclic N) is 1. The van der Waals surface area contributed by atoms with E-state index in [0.717, 1.165) is 38.6 Å². The number of hydrogen-bond acceptors (Lipinski definition) is 4. The Morgan fingerprint density at radius 1 is 1.53 bits per heavy atom. The van der Waals surface area contributed by atoms with E-state index in [1.54, 1.807) is 11.3 Å². The first-order chi connectivity index (χ1) is 9.13. The molecule has 1 atom stereocenters. The zero-order valence-corrected chi connectivity index (χ0v) is 13.8. The summed E-state index contributed by atoms with van der Waals surface area (Å²) in [6, 6.07) is 2.18. The number of hydrogen-bond donors (Lipinski definition) is 2. The summed E-state index contributed by atoms with van der Waals surface area (Å²) in [5.41, 5.74) is 1.36. The molecule has 1 aromatic rings. The van der Waals surface area contributed by atoms with Crippen LogP contribution in [0.4, 0.5) is 0 Å². The lowest BCUT2D eigenvalue weighted by Gasteiger charge is -2.32. The van der Waals surface area contributed by atoms with Crippen molar-refractivity contribution in [2.45, 2.75) is 32.4 Å². The predicted molar refractivity (Wildman–Crippen MR) is 84.6 cm³/mol. The molecular formula is C14H23BrN2OS. The van der Waals surface area contributed by atoms with Crippen molar-refractivity contribution < 1.29 is 5.11 Å². The Balaban J connectivity index is 1.60. The second-order valence-corrected chi connectivity index (χ2v) is 7.77. The molecule has 2 heterocycles. The van der Waals surface area contributed by atoms with Gasteiger partial charge in [-0.15, -0.1) is 11.3 Å². The molecule has 0 aromatic carbocycles. The summed E-state index contributed by atoms with van der Waals surface area (Å²) < 4.78 is 1.20. The van der Waals surface area contributed by atoms with E-state index in [1.807, 2.05) is 6.92 Å². The van der Waals surface area contributed by atoms with Gasteiger partial charge in [-0.1, -0.05) is 0 Å². The van der Waals surface area contributed by atoms with E-state index in [0.29, 0.717) is 0 Å². The van der Waals surface area contributed by atoms with Crippen LogP contribution in [-0.2, 0) is 6.54 Å². The zero-order chi connectivity index (χ0) is 13.7. The number of nitrogens with one attached hydrogen (secondary N) is 1. The molecule has 19 heavy (non-hydrogen) atoms. The van der Waals surface area contributed by atoms with Gasteiger partial charge < -0.3 is 15.3 Å². The highest BCUT2D eigenvalue weighted by Crippen LogP contribution is 2.21. The normalized spacial score (nSPS) is 19.7. The predicted octanol–water partition coefficient (Wildman–Crippen LogP) is 2.69. The number of likely N-dealkylation sites (tertiary alicyclic amines) is 1. The van der Waals surface area contributed by atoms with E-state index in [2.05, 4.69) is 37.6 Å². The van der Waals surface area contributed by atoms with Crippen LogP contribution in [-0.4, -0.2) is 42.3 Å². The van der Waals surface area contributed by atoms with Crippen LogP contribution in [0.3, 0.4) is 0 Å².